The number of nitrogens with one attached hydrogen (secondary N) is 2. The van der Waals surface area contributed by atoms with Gasteiger partial charge in [-0.1, -0.05) is 23.7 Å². The van der Waals surface area contributed by atoms with Crippen molar-refractivity contribution in [2.24, 2.45) is 5.92 Å². The minimum Gasteiger partial charge on any atom is -0.493 e. The van der Waals surface area contributed by atoms with Crippen LogP contribution in [0.3, 0.4) is 0 Å². The molecule has 2 aromatic rings. The molecular formula is C29H40ClN3O4. The van der Waals surface area contributed by atoms with Crippen LogP contribution < -0.4 is 24.8 Å². The summed E-state index contributed by atoms with van der Waals surface area (Å²) in [6.45, 7) is 2.73. The fourth-order valence-electron chi connectivity index (χ4n) is 5.81. The maximum Gasteiger partial charge on any atom is 0.315 e. The monoisotopic (exact) mass is 529 g/mol. The zero-order valence-corrected chi connectivity index (χ0v) is 23.0. The van der Waals surface area contributed by atoms with Gasteiger partial charge < -0.3 is 24.8 Å². The number of hydrogen-bond donors (Lipinski definition) is 2. The quantitative estimate of drug-likeness (QED) is 0.449. The Balaban J connectivity index is 1.22. The van der Waals surface area contributed by atoms with Crippen LogP contribution in [-0.2, 0) is 12.8 Å². The van der Waals surface area contributed by atoms with E-state index in [1.807, 2.05) is 24.3 Å². The van der Waals surface area contributed by atoms with Crippen molar-refractivity contribution in [1.82, 2.24) is 15.5 Å². The molecule has 2 N–H and O–H groups in total. The van der Waals surface area contributed by atoms with E-state index in [9.17, 15) is 4.79 Å². The smallest absolute Gasteiger partial charge is 0.315 e. The number of nitrogens with zero attached hydrogens (tertiary/aromatic N) is 1. The molecule has 0 spiro atoms. The SMILES string of the molecule is COc1cc(CCNC(=O)N[C@@H]2CCC[C@H]2N2CCC(Cc3ccc(Cl)cc3)CC2)cc(OC)c1OC. The molecule has 2 amide bonds. The van der Waals surface area contributed by atoms with E-state index in [1.165, 1.54) is 18.4 Å². The van der Waals surface area contributed by atoms with E-state index in [4.69, 9.17) is 25.8 Å². The number of urea groups is 1. The molecule has 1 aliphatic carbocycles. The van der Waals surface area contributed by atoms with Crippen molar-refractivity contribution >= 4 is 17.6 Å². The molecule has 8 heteroatoms. The molecule has 0 aromatic heterocycles. The fraction of sp³-hybridized carbons (Fsp3) is 0.552. The molecule has 1 saturated heterocycles. The highest BCUT2D eigenvalue weighted by molar-refractivity contribution is 6.30. The number of benzene rings is 2. The second-order valence-corrected chi connectivity index (χ2v) is 10.5. The van der Waals surface area contributed by atoms with E-state index < -0.39 is 0 Å². The van der Waals surface area contributed by atoms with Gasteiger partial charge in [-0.25, -0.2) is 4.79 Å². The van der Waals surface area contributed by atoms with Gasteiger partial charge >= 0.3 is 6.03 Å². The highest BCUT2D eigenvalue weighted by Crippen LogP contribution is 2.38. The second-order valence-electron chi connectivity index (χ2n) is 10.1. The summed E-state index contributed by atoms with van der Waals surface area (Å²) in [5.74, 6) is 2.52. The van der Waals surface area contributed by atoms with E-state index in [-0.39, 0.29) is 12.1 Å². The molecule has 4 rings (SSSR count). The lowest BCUT2D eigenvalue weighted by atomic mass is 9.89. The first-order chi connectivity index (χ1) is 18.0. The molecule has 7 nitrogen and oxygen atoms in total. The highest BCUT2D eigenvalue weighted by atomic mass is 35.5. The Bertz CT molecular complexity index is 999. The number of piperidine rings is 1. The third-order valence-corrected chi connectivity index (χ3v) is 8.03. The van der Waals surface area contributed by atoms with Crippen LogP contribution in [0.15, 0.2) is 36.4 Å². The molecule has 2 aliphatic rings. The van der Waals surface area contributed by atoms with Crippen LogP contribution in [0.25, 0.3) is 0 Å². The van der Waals surface area contributed by atoms with Gasteiger partial charge in [0.25, 0.3) is 0 Å². The molecule has 0 bridgehead atoms. The Morgan fingerprint density at radius 1 is 0.946 bits per heavy atom. The summed E-state index contributed by atoms with van der Waals surface area (Å²) in [4.78, 5) is 15.3. The number of amides is 2. The molecule has 1 heterocycles. The lowest BCUT2D eigenvalue weighted by molar-refractivity contribution is 0.119. The summed E-state index contributed by atoms with van der Waals surface area (Å²) < 4.78 is 16.3. The summed E-state index contributed by atoms with van der Waals surface area (Å²) in [6.07, 6.45) is 7.53. The molecule has 37 heavy (non-hydrogen) atoms. The summed E-state index contributed by atoms with van der Waals surface area (Å²) in [5.41, 5.74) is 2.38. The van der Waals surface area contributed by atoms with Gasteiger partial charge in [0.05, 0.1) is 21.3 Å². The molecular weight excluding hydrogens is 490 g/mol. The van der Waals surface area contributed by atoms with Crippen LogP contribution >= 0.6 is 11.6 Å². The summed E-state index contributed by atoms with van der Waals surface area (Å²) in [6, 6.07) is 12.6. The molecule has 1 aliphatic heterocycles. The minimum absolute atomic E-state index is 0.0954. The third kappa shape index (κ3) is 7.23. The van der Waals surface area contributed by atoms with E-state index in [1.54, 1.807) is 21.3 Å². The number of carbonyl (C=O) groups is 1. The van der Waals surface area contributed by atoms with Crippen LogP contribution in [0, 0.1) is 5.92 Å². The molecule has 2 fully saturated rings. The molecule has 0 unspecified atom stereocenters. The Labute approximate surface area is 225 Å². The summed E-state index contributed by atoms with van der Waals surface area (Å²) >= 11 is 6.03. The average molecular weight is 530 g/mol. The summed E-state index contributed by atoms with van der Waals surface area (Å²) in [5, 5.41) is 7.09. The van der Waals surface area contributed by atoms with Gasteiger partial charge in [-0.3, -0.25) is 4.90 Å². The molecule has 2 aromatic carbocycles. The van der Waals surface area contributed by atoms with E-state index in [0.717, 1.165) is 49.4 Å². The highest BCUT2D eigenvalue weighted by Gasteiger charge is 2.35. The number of ether oxygens (including phenoxy) is 3. The van der Waals surface area contributed by atoms with Crippen molar-refractivity contribution in [2.75, 3.05) is 41.0 Å². The average Bonchev–Trinajstić information content (AvgIpc) is 3.37. The van der Waals surface area contributed by atoms with Gasteiger partial charge in [-0.15, -0.1) is 0 Å². The van der Waals surface area contributed by atoms with Crippen LogP contribution in [0.2, 0.25) is 5.02 Å². The van der Waals surface area contributed by atoms with Crippen LogP contribution in [-0.4, -0.2) is 64.0 Å². The molecule has 1 saturated carbocycles. The first kappa shape index (κ1) is 27.4. The van der Waals surface area contributed by atoms with Crippen molar-refractivity contribution in [2.45, 2.75) is 57.0 Å². The van der Waals surface area contributed by atoms with Gasteiger partial charge in [-0.2, -0.15) is 0 Å². The van der Waals surface area contributed by atoms with Gasteiger partial charge in [-0.05, 0) is 99.3 Å². The maximum absolute atomic E-state index is 12.7. The first-order valence-corrected chi connectivity index (χ1v) is 13.7. The number of likely N-dealkylation sites (tertiary alicyclic amines) is 1. The summed E-state index contributed by atoms with van der Waals surface area (Å²) in [7, 11) is 4.80. The number of rotatable bonds is 10. The second kappa shape index (κ2) is 13.2. The van der Waals surface area contributed by atoms with Gasteiger partial charge in [0, 0.05) is 23.7 Å². The zero-order valence-electron chi connectivity index (χ0n) is 22.2. The number of methoxy groups -OCH3 is 3. The van der Waals surface area contributed by atoms with Crippen molar-refractivity contribution in [3.05, 3.63) is 52.5 Å². The topological polar surface area (TPSA) is 72.1 Å². The largest absolute Gasteiger partial charge is 0.493 e. The molecule has 2 atom stereocenters. The predicted molar refractivity (Wildman–Crippen MR) is 147 cm³/mol. The standard InChI is InChI=1S/C29H40ClN3O4/c1-35-26-18-22(19-27(36-2)28(26)37-3)11-14-31-29(34)32-24-5-4-6-25(24)33-15-12-21(13-16-33)17-20-7-9-23(30)10-8-20/h7-10,18-19,21,24-25H,4-6,11-17H2,1-3H3,(H2,31,32,34)/t24-,25-/m1/s1. The number of halogens is 1. The number of carbonyl (C=O) groups excluding carboxylic acids is 1. The fourth-order valence-corrected chi connectivity index (χ4v) is 5.93. The maximum atomic E-state index is 12.7. The predicted octanol–water partition coefficient (Wildman–Crippen LogP) is 5.08. The molecule has 0 radical (unpaired) electrons. The van der Waals surface area contributed by atoms with E-state index in [2.05, 4.69) is 27.7 Å². The van der Waals surface area contributed by atoms with Crippen molar-refractivity contribution in [1.29, 1.82) is 0 Å². The van der Waals surface area contributed by atoms with Crippen molar-refractivity contribution < 1.29 is 19.0 Å². The van der Waals surface area contributed by atoms with Crippen LogP contribution in [0.4, 0.5) is 4.79 Å². The van der Waals surface area contributed by atoms with Gasteiger partial charge in [0.1, 0.15) is 0 Å². The first-order valence-electron chi connectivity index (χ1n) is 13.3. The van der Waals surface area contributed by atoms with E-state index >= 15 is 0 Å². The van der Waals surface area contributed by atoms with Crippen molar-refractivity contribution in [3.63, 3.8) is 0 Å². The Kier molecular flexibility index (Phi) is 9.81. The Morgan fingerprint density at radius 2 is 1.62 bits per heavy atom. The Morgan fingerprint density at radius 3 is 2.24 bits per heavy atom. The minimum atomic E-state index is -0.0954. The van der Waals surface area contributed by atoms with Gasteiger partial charge in [0.15, 0.2) is 11.5 Å². The Hall–Kier alpha value is -2.64. The van der Waals surface area contributed by atoms with Crippen LogP contribution in [0.5, 0.6) is 17.2 Å². The van der Waals surface area contributed by atoms with Crippen molar-refractivity contribution in [3.8, 4) is 17.2 Å². The van der Waals surface area contributed by atoms with E-state index in [0.29, 0.717) is 42.2 Å². The normalized spacial score (nSPS) is 20.4. The lowest BCUT2D eigenvalue weighted by Gasteiger charge is -2.38. The van der Waals surface area contributed by atoms with Crippen LogP contribution in [0.1, 0.15) is 43.2 Å². The number of hydrogen-bond acceptors (Lipinski definition) is 5. The molecule has 202 valence electrons. The zero-order chi connectivity index (χ0) is 26.2. The third-order valence-electron chi connectivity index (χ3n) is 7.78. The lowest BCUT2D eigenvalue weighted by Crippen LogP contribution is -2.53. The van der Waals surface area contributed by atoms with Gasteiger partial charge in [0.2, 0.25) is 5.75 Å².